The quantitative estimate of drug-likeness (QED) is 0.399. The van der Waals surface area contributed by atoms with Gasteiger partial charge in [0.2, 0.25) is 5.82 Å². The van der Waals surface area contributed by atoms with Crippen molar-refractivity contribution in [2.24, 2.45) is 5.92 Å². The van der Waals surface area contributed by atoms with Crippen LogP contribution in [0.25, 0.3) is 22.3 Å². The van der Waals surface area contributed by atoms with Crippen LogP contribution >= 0.6 is 0 Å². The minimum Gasteiger partial charge on any atom is -0.462 e. The number of allylic oxidation sites excluding steroid dienone is 1. The molecule has 1 saturated heterocycles. The van der Waals surface area contributed by atoms with Crippen LogP contribution in [0.5, 0.6) is 5.75 Å². The van der Waals surface area contributed by atoms with Crippen LogP contribution in [0.2, 0.25) is 0 Å². The molecule has 32 heavy (non-hydrogen) atoms. The van der Waals surface area contributed by atoms with Crippen LogP contribution in [-0.4, -0.2) is 13.2 Å². The molecule has 0 unspecified atom stereocenters. The molecule has 166 valence electrons. The maximum atomic E-state index is 14.8. The molecule has 1 aliphatic heterocycles. The van der Waals surface area contributed by atoms with Gasteiger partial charge in [0.1, 0.15) is 5.82 Å². The zero-order valence-corrected chi connectivity index (χ0v) is 17.8. The monoisotopic (exact) mass is 440 g/mol. The van der Waals surface area contributed by atoms with Gasteiger partial charge in [0.25, 0.3) is 0 Å². The molecule has 0 bridgehead atoms. The molecular weight excluding hydrogens is 417 g/mol. The van der Waals surface area contributed by atoms with Gasteiger partial charge in [-0.1, -0.05) is 49.4 Å². The smallest absolute Gasteiger partial charge is 0.201 e. The van der Waals surface area contributed by atoms with Gasteiger partial charge >= 0.3 is 0 Å². The van der Waals surface area contributed by atoms with Gasteiger partial charge in [0.15, 0.2) is 17.9 Å². The Kier molecular flexibility index (Phi) is 6.63. The van der Waals surface area contributed by atoms with E-state index in [2.05, 4.69) is 0 Å². The van der Waals surface area contributed by atoms with Crippen LogP contribution in [-0.2, 0) is 9.47 Å². The molecule has 1 heterocycles. The van der Waals surface area contributed by atoms with Gasteiger partial charge in [-0.15, -0.1) is 0 Å². The van der Waals surface area contributed by atoms with Gasteiger partial charge in [0.05, 0.1) is 19.5 Å². The van der Waals surface area contributed by atoms with Crippen molar-refractivity contribution in [1.29, 1.82) is 0 Å². The van der Waals surface area contributed by atoms with Crippen molar-refractivity contribution < 1.29 is 27.4 Å². The Bertz CT molecular complexity index is 1120. The van der Waals surface area contributed by atoms with Crippen LogP contribution in [0.1, 0.15) is 25.7 Å². The number of hydrogen-bond donors (Lipinski definition) is 0. The highest BCUT2D eigenvalue weighted by Gasteiger charge is 2.22. The Morgan fingerprint density at radius 2 is 1.47 bits per heavy atom. The van der Waals surface area contributed by atoms with Crippen molar-refractivity contribution in [2.45, 2.75) is 20.1 Å². The number of ether oxygens (including phenoxy) is 3. The molecule has 0 atom stereocenters. The van der Waals surface area contributed by atoms with E-state index in [1.54, 1.807) is 49.4 Å². The summed E-state index contributed by atoms with van der Waals surface area (Å²) in [7, 11) is 0. The first kappa shape index (κ1) is 22.1. The number of benzene rings is 3. The van der Waals surface area contributed by atoms with Crippen molar-refractivity contribution in [3.8, 4) is 28.0 Å². The molecule has 0 aliphatic carbocycles. The molecule has 0 spiro atoms. The van der Waals surface area contributed by atoms with Crippen LogP contribution in [0.15, 0.2) is 66.9 Å². The van der Waals surface area contributed by atoms with Crippen LogP contribution in [0.4, 0.5) is 13.2 Å². The van der Waals surface area contributed by atoms with Gasteiger partial charge in [-0.25, -0.2) is 8.78 Å². The van der Waals surface area contributed by atoms with Crippen LogP contribution < -0.4 is 4.74 Å². The highest BCUT2D eigenvalue weighted by atomic mass is 19.2. The lowest BCUT2D eigenvalue weighted by atomic mass is 9.98. The van der Waals surface area contributed by atoms with Gasteiger partial charge in [-0.05, 0) is 36.2 Å². The number of hydrogen-bond acceptors (Lipinski definition) is 3. The SMILES string of the molecule is C/C=C\Oc1ccc(-c2ccc(-c3ccc(C4OCC(C)CO4)cc3F)cc2)c(F)c1F. The molecule has 4 rings (SSSR count). The normalized spacial score (nSPS) is 18.8. The molecule has 3 aromatic carbocycles. The van der Waals surface area contributed by atoms with E-state index >= 15 is 0 Å². The average molecular weight is 440 g/mol. The van der Waals surface area contributed by atoms with E-state index in [9.17, 15) is 13.2 Å². The summed E-state index contributed by atoms with van der Waals surface area (Å²) in [5, 5.41) is 0. The van der Waals surface area contributed by atoms with E-state index in [1.807, 2.05) is 6.92 Å². The first-order chi connectivity index (χ1) is 15.5. The third kappa shape index (κ3) is 4.56. The zero-order valence-electron chi connectivity index (χ0n) is 17.8. The topological polar surface area (TPSA) is 27.7 Å². The number of rotatable bonds is 5. The Morgan fingerprint density at radius 3 is 2.09 bits per heavy atom. The lowest BCUT2D eigenvalue weighted by molar-refractivity contribution is -0.202. The summed E-state index contributed by atoms with van der Waals surface area (Å²) in [5.41, 5.74) is 2.20. The molecule has 0 N–H and O–H groups in total. The first-order valence-electron chi connectivity index (χ1n) is 10.4. The average Bonchev–Trinajstić information content (AvgIpc) is 2.81. The lowest BCUT2D eigenvalue weighted by Gasteiger charge is -2.27. The molecule has 0 radical (unpaired) electrons. The fraction of sp³-hybridized carbons (Fsp3) is 0.231. The van der Waals surface area contributed by atoms with Gasteiger partial charge in [-0.3, -0.25) is 0 Å². The van der Waals surface area contributed by atoms with Gasteiger partial charge < -0.3 is 14.2 Å². The minimum absolute atomic E-state index is 0.0959. The van der Waals surface area contributed by atoms with Crippen molar-refractivity contribution in [3.05, 3.63) is 90.0 Å². The summed E-state index contributed by atoms with van der Waals surface area (Å²) in [5.74, 6) is -2.36. The van der Waals surface area contributed by atoms with E-state index in [0.717, 1.165) is 0 Å². The lowest BCUT2D eigenvalue weighted by Crippen LogP contribution is -2.25. The minimum atomic E-state index is -1.06. The molecular formula is C26H23F3O3. The van der Waals surface area contributed by atoms with Crippen LogP contribution in [0.3, 0.4) is 0 Å². The summed E-state index contributed by atoms with van der Waals surface area (Å²) in [4.78, 5) is 0. The molecule has 3 nitrogen and oxygen atoms in total. The zero-order chi connectivity index (χ0) is 22.7. The van der Waals surface area contributed by atoms with Crippen molar-refractivity contribution in [3.63, 3.8) is 0 Å². The molecule has 0 saturated carbocycles. The summed E-state index contributed by atoms with van der Waals surface area (Å²) in [6, 6.07) is 14.3. The Balaban J connectivity index is 1.56. The predicted octanol–water partition coefficient (Wildman–Crippen LogP) is 7.03. The standard InChI is InChI=1S/C26H23F3O3/c1-3-12-30-23-11-10-21(24(28)25(23)29)18-6-4-17(5-7-18)20-9-8-19(13-22(20)27)26-31-14-16(2)15-32-26/h3-13,16,26H,14-15H2,1-2H3/b12-3-. The summed E-state index contributed by atoms with van der Waals surface area (Å²) >= 11 is 0. The maximum absolute atomic E-state index is 14.8. The van der Waals surface area contributed by atoms with E-state index in [1.165, 1.54) is 24.5 Å². The molecule has 0 aromatic heterocycles. The molecule has 3 aromatic rings. The second-order valence-electron chi connectivity index (χ2n) is 7.75. The van der Waals surface area contributed by atoms with Crippen molar-refractivity contribution >= 4 is 0 Å². The highest BCUT2D eigenvalue weighted by Crippen LogP contribution is 2.33. The highest BCUT2D eigenvalue weighted by molar-refractivity contribution is 5.71. The molecule has 1 fully saturated rings. The van der Waals surface area contributed by atoms with E-state index in [4.69, 9.17) is 14.2 Å². The second kappa shape index (κ2) is 9.59. The van der Waals surface area contributed by atoms with Gasteiger partial charge in [-0.2, -0.15) is 4.39 Å². The predicted molar refractivity (Wildman–Crippen MR) is 116 cm³/mol. The molecule has 6 heteroatoms. The van der Waals surface area contributed by atoms with E-state index < -0.39 is 23.7 Å². The maximum Gasteiger partial charge on any atom is 0.201 e. The Labute approximate surface area is 185 Å². The van der Waals surface area contributed by atoms with Gasteiger partial charge in [0, 0.05) is 22.6 Å². The molecule has 1 aliphatic rings. The number of halogens is 3. The first-order valence-corrected chi connectivity index (χ1v) is 10.4. The molecule has 0 amide bonds. The fourth-order valence-corrected chi connectivity index (χ4v) is 3.52. The third-order valence-electron chi connectivity index (χ3n) is 5.21. The van der Waals surface area contributed by atoms with Crippen molar-refractivity contribution in [1.82, 2.24) is 0 Å². The Morgan fingerprint density at radius 1 is 0.844 bits per heavy atom. The largest absolute Gasteiger partial charge is 0.462 e. The summed E-state index contributed by atoms with van der Waals surface area (Å²) < 4.78 is 59.9. The fourth-order valence-electron chi connectivity index (χ4n) is 3.52. The Hall–Kier alpha value is -3.09. The van der Waals surface area contributed by atoms with Crippen LogP contribution in [0, 0.1) is 23.4 Å². The summed E-state index contributed by atoms with van der Waals surface area (Å²) in [6.07, 6.45) is 2.28. The van der Waals surface area contributed by atoms with E-state index in [0.29, 0.717) is 41.4 Å². The second-order valence-corrected chi connectivity index (χ2v) is 7.75. The van der Waals surface area contributed by atoms with Crippen molar-refractivity contribution in [2.75, 3.05) is 13.2 Å². The summed E-state index contributed by atoms with van der Waals surface area (Å²) in [6.45, 7) is 4.86. The van der Waals surface area contributed by atoms with E-state index in [-0.39, 0.29) is 11.3 Å². The third-order valence-corrected chi connectivity index (χ3v) is 5.21.